The van der Waals surface area contributed by atoms with Crippen LogP contribution in [0.4, 0.5) is 5.82 Å². The highest BCUT2D eigenvalue weighted by molar-refractivity contribution is 7.92. The Labute approximate surface area is 193 Å². The average Bonchev–Trinajstić information content (AvgIpc) is 2.78. The highest BCUT2D eigenvalue weighted by atomic mass is 32.2. The molecule has 1 unspecified atom stereocenters. The van der Waals surface area contributed by atoms with Crippen molar-refractivity contribution >= 4 is 21.6 Å². The Bertz CT molecular complexity index is 1240. The van der Waals surface area contributed by atoms with E-state index in [1.807, 2.05) is 24.3 Å². The number of carbonyl (C=O) groups is 1. The van der Waals surface area contributed by atoms with Crippen LogP contribution in [0.25, 0.3) is 0 Å². The van der Waals surface area contributed by atoms with Crippen molar-refractivity contribution in [3.8, 4) is 0 Å². The lowest BCUT2D eigenvalue weighted by Gasteiger charge is -2.30. The van der Waals surface area contributed by atoms with E-state index in [0.29, 0.717) is 0 Å². The molecule has 174 valence electrons. The summed E-state index contributed by atoms with van der Waals surface area (Å²) in [7, 11) is -4.14. The molecule has 3 rings (SSSR count). The second kappa shape index (κ2) is 9.29. The molecule has 0 amide bonds. The van der Waals surface area contributed by atoms with E-state index >= 15 is 0 Å². The minimum Gasteiger partial charge on any atom is -0.480 e. The van der Waals surface area contributed by atoms with Crippen LogP contribution in [-0.4, -0.2) is 36.0 Å². The van der Waals surface area contributed by atoms with E-state index in [9.17, 15) is 13.2 Å². The molecule has 0 fully saturated rings. The molecular formula is C24H28N4O4S. The SMILES string of the molecule is CC(C)(C)c1cccc(CC(N)(c2cccc(NCC(=O)O)n2)S(=O)(=O)c2cccnc2)c1. The molecule has 9 heteroatoms. The van der Waals surface area contributed by atoms with E-state index in [-0.39, 0.29) is 34.8 Å². The van der Waals surface area contributed by atoms with Crippen molar-refractivity contribution in [3.05, 3.63) is 83.8 Å². The van der Waals surface area contributed by atoms with Crippen LogP contribution in [0.5, 0.6) is 0 Å². The number of benzene rings is 1. The van der Waals surface area contributed by atoms with Gasteiger partial charge in [0, 0.05) is 18.8 Å². The predicted octanol–water partition coefficient (Wildman–Crippen LogP) is 3.10. The van der Waals surface area contributed by atoms with E-state index in [2.05, 4.69) is 36.1 Å². The number of rotatable bonds is 8. The monoisotopic (exact) mass is 468 g/mol. The molecule has 0 aliphatic carbocycles. The first kappa shape index (κ1) is 24.3. The van der Waals surface area contributed by atoms with E-state index in [1.165, 1.54) is 30.6 Å². The third kappa shape index (κ3) is 5.37. The number of nitrogens with two attached hydrogens (primary N) is 1. The van der Waals surface area contributed by atoms with E-state index in [4.69, 9.17) is 10.8 Å². The van der Waals surface area contributed by atoms with Crippen molar-refractivity contribution < 1.29 is 18.3 Å². The summed E-state index contributed by atoms with van der Waals surface area (Å²) in [5, 5.41) is 11.6. The zero-order valence-electron chi connectivity index (χ0n) is 18.8. The number of carboxylic acid groups (broad SMARTS) is 1. The van der Waals surface area contributed by atoms with Crippen molar-refractivity contribution in [1.82, 2.24) is 9.97 Å². The van der Waals surface area contributed by atoms with Gasteiger partial charge in [-0.25, -0.2) is 13.4 Å². The Kier molecular flexibility index (Phi) is 6.85. The molecule has 33 heavy (non-hydrogen) atoms. The number of carboxylic acids is 1. The highest BCUT2D eigenvalue weighted by Crippen LogP contribution is 2.34. The van der Waals surface area contributed by atoms with Crippen molar-refractivity contribution in [2.45, 2.75) is 42.4 Å². The normalized spacial score (nSPS) is 13.8. The number of nitrogens with zero attached hydrogens (tertiary/aromatic N) is 2. The minimum atomic E-state index is -4.14. The van der Waals surface area contributed by atoms with E-state index in [1.54, 1.807) is 12.1 Å². The first-order chi connectivity index (χ1) is 15.4. The number of pyridine rings is 2. The molecule has 0 saturated heterocycles. The zero-order valence-corrected chi connectivity index (χ0v) is 19.6. The Morgan fingerprint density at radius 1 is 1.09 bits per heavy atom. The molecule has 4 N–H and O–H groups in total. The third-order valence-corrected chi connectivity index (χ3v) is 7.46. The lowest BCUT2D eigenvalue weighted by atomic mass is 9.85. The fourth-order valence-electron chi connectivity index (χ4n) is 3.43. The van der Waals surface area contributed by atoms with Crippen LogP contribution >= 0.6 is 0 Å². The summed E-state index contributed by atoms with van der Waals surface area (Å²) in [6.45, 7) is 5.87. The summed E-state index contributed by atoms with van der Waals surface area (Å²) in [5.74, 6) is -0.849. The van der Waals surface area contributed by atoms with Crippen LogP contribution in [-0.2, 0) is 31.3 Å². The van der Waals surface area contributed by atoms with Gasteiger partial charge < -0.3 is 16.2 Å². The molecule has 0 aliphatic heterocycles. The molecule has 1 atom stereocenters. The maximum atomic E-state index is 13.8. The Morgan fingerprint density at radius 3 is 2.45 bits per heavy atom. The molecule has 1 aromatic carbocycles. The van der Waals surface area contributed by atoms with Gasteiger partial charge in [-0.1, -0.05) is 51.1 Å². The van der Waals surface area contributed by atoms with Gasteiger partial charge in [0.1, 0.15) is 12.4 Å². The standard InChI is InChI=1S/C24H28N4O4S/c1-23(2,3)18-8-4-7-17(13-18)14-24(25,33(31,32)19-9-6-12-26-15-19)20-10-5-11-21(28-20)27-16-22(29)30/h4-13,15H,14,16,25H2,1-3H3,(H,27,28)(H,29,30). The van der Waals surface area contributed by atoms with Crippen molar-refractivity contribution in [3.63, 3.8) is 0 Å². The fraction of sp³-hybridized carbons (Fsp3) is 0.292. The summed E-state index contributed by atoms with van der Waals surface area (Å²) < 4.78 is 27.6. The van der Waals surface area contributed by atoms with Crippen LogP contribution in [0.15, 0.2) is 71.9 Å². The Balaban J connectivity index is 2.14. The van der Waals surface area contributed by atoms with Gasteiger partial charge in [0.15, 0.2) is 4.87 Å². The number of aliphatic carboxylic acids is 1. The van der Waals surface area contributed by atoms with E-state index < -0.39 is 20.7 Å². The second-order valence-corrected chi connectivity index (χ2v) is 11.1. The lowest BCUT2D eigenvalue weighted by Crippen LogP contribution is -2.47. The Morgan fingerprint density at radius 2 is 1.82 bits per heavy atom. The molecule has 3 aromatic rings. The Hall–Kier alpha value is -3.30. The van der Waals surface area contributed by atoms with Crippen LogP contribution in [0.1, 0.15) is 37.6 Å². The quantitative estimate of drug-likeness (QED) is 0.459. The molecule has 2 aromatic heterocycles. The first-order valence-electron chi connectivity index (χ1n) is 10.4. The molecule has 0 spiro atoms. The predicted molar refractivity (Wildman–Crippen MR) is 126 cm³/mol. The van der Waals surface area contributed by atoms with Gasteiger partial charge in [0.25, 0.3) is 0 Å². The number of hydrogen-bond donors (Lipinski definition) is 3. The molecular weight excluding hydrogens is 440 g/mol. The summed E-state index contributed by atoms with van der Waals surface area (Å²) in [4.78, 5) is 17.3. The van der Waals surface area contributed by atoms with Gasteiger partial charge in [-0.05, 0) is 40.8 Å². The summed E-state index contributed by atoms with van der Waals surface area (Å²) >= 11 is 0. The molecule has 0 bridgehead atoms. The van der Waals surface area contributed by atoms with Gasteiger partial charge in [-0.2, -0.15) is 0 Å². The van der Waals surface area contributed by atoms with Gasteiger partial charge in [-0.3, -0.25) is 9.78 Å². The molecule has 0 aliphatic rings. The average molecular weight is 469 g/mol. The van der Waals surface area contributed by atoms with Crippen LogP contribution < -0.4 is 11.1 Å². The second-order valence-electron chi connectivity index (χ2n) is 8.86. The zero-order chi connectivity index (χ0) is 24.3. The van der Waals surface area contributed by atoms with Gasteiger partial charge in [0.05, 0.1) is 10.6 Å². The maximum absolute atomic E-state index is 13.8. The first-order valence-corrected chi connectivity index (χ1v) is 11.9. The topological polar surface area (TPSA) is 135 Å². The minimum absolute atomic E-state index is 0.0230. The number of nitrogens with one attached hydrogen (secondary N) is 1. The third-order valence-electron chi connectivity index (χ3n) is 5.29. The largest absolute Gasteiger partial charge is 0.480 e. The number of anilines is 1. The van der Waals surface area contributed by atoms with Crippen molar-refractivity contribution in [2.24, 2.45) is 5.73 Å². The van der Waals surface area contributed by atoms with Gasteiger partial charge in [-0.15, -0.1) is 0 Å². The number of sulfone groups is 1. The fourth-order valence-corrected chi connectivity index (χ4v) is 5.05. The van der Waals surface area contributed by atoms with Crippen molar-refractivity contribution in [2.75, 3.05) is 11.9 Å². The summed E-state index contributed by atoms with van der Waals surface area (Å²) in [6.07, 6.45) is 2.71. The van der Waals surface area contributed by atoms with Gasteiger partial charge in [0.2, 0.25) is 9.84 Å². The highest BCUT2D eigenvalue weighted by Gasteiger charge is 2.44. The molecule has 0 saturated carbocycles. The molecule has 8 nitrogen and oxygen atoms in total. The van der Waals surface area contributed by atoms with Crippen molar-refractivity contribution in [1.29, 1.82) is 0 Å². The molecule has 0 radical (unpaired) electrons. The van der Waals surface area contributed by atoms with Crippen LogP contribution in [0.3, 0.4) is 0 Å². The smallest absolute Gasteiger partial charge is 0.322 e. The van der Waals surface area contributed by atoms with Crippen LogP contribution in [0, 0.1) is 0 Å². The van der Waals surface area contributed by atoms with Gasteiger partial charge >= 0.3 is 5.97 Å². The maximum Gasteiger partial charge on any atom is 0.322 e. The lowest BCUT2D eigenvalue weighted by molar-refractivity contribution is -0.134. The van der Waals surface area contributed by atoms with E-state index in [0.717, 1.165) is 11.1 Å². The summed E-state index contributed by atoms with van der Waals surface area (Å²) in [6, 6.07) is 15.3. The summed E-state index contributed by atoms with van der Waals surface area (Å²) in [5.41, 5.74) is 8.48. The molecule has 2 heterocycles. The van der Waals surface area contributed by atoms with Crippen LogP contribution in [0.2, 0.25) is 0 Å². The number of hydrogen-bond acceptors (Lipinski definition) is 7. The number of aromatic nitrogens is 2.